The van der Waals surface area contributed by atoms with Crippen molar-refractivity contribution in [1.82, 2.24) is 14.5 Å². The summed E-state index contributed by atoms with van der Waals surface area (Å²) in [5.74, 6) is 0.365. The maximum absolute atomic E-state index is 14.3. The third-order valence-electron chi connectivity index (χ3n) is 5.22. The maximum atomic E-state index is 14.3. The van der Waals surface area contributed by atoms with Crippen molar-refractivity contribution >= 4 is 22.8 Å². The van der Waals surface area contributed by atoms with Crippen molar-refractivity contribution in [3.63, 3.8) is 0 Å². The Morgan fingerprint density at radius 2 is 2.11 bits per heavy atom. The Hall–Kier alpha value is -2.47. The summed E-state index contributed by atoms with van der Waals surface area (Å²) in [6.07, 6.45) is 6.21. The second-order valence-electron chi connectivity index (χ2n) is 7.24. The lowest BCUT2D eigenvalue weighted by atomic mass is 10.0. The first-order valence-corrected chi connectivity index (χ1v) is 9.77. The zero-order chi connectivity index (χ0) is 19.8. The quantitative estimate of drug-likeness (QED) is 0.597. The standard InChI is InChI=1S/C21H21ClFN3O2/c1-12-21(27)26(9-3-4-13-5-6-13)20-19(25-12)14(7-8-24-20)15-10-17(23)18(28-2)11-16(15)22/h7-8,10-11,13H,3-6,9H2,1-2H3. The molecule has 1 aliphatic carbocycles. The smallest absolute Gasteiger partial charge is 0.273 e. The lowest BCUT2D eigenvalue weighted by molar-refractivity contribution is 0.386. The molecule has 0 spiro atoms. The normalized spacial score (nSPS) is 13.9. The number of benzene rings is 1. The van der Waals surface area contributed by atoms with Gasteiger partial charge in [0.25, 0.3) is 5.56 Å². The lowest BCUT2D eigenvalue weighted by Gasteiger charge is -2.14. The van der Waals surface area contributed by atoms with E-state index in [1.807, 2.05) is 0 Å². The van der Waals surface area contributed by atoms with Gasteiger partial charge in [0.05, 0.1) is 12.1 Å². The highest BCUT2D eigenvalue weighted by atomic mass is 35.5. The summed E-state index contributed by atoms with van der Waals surface area (Å²) in [5, 5.41) is 0.344. The van der Waals surface area contributed by atoms with Gasteiger partial charge in [-0.2, -0.15) is 0 Å². The number of ether oxygens (including phenoxy) is 1. The van der Waals surface area contributed by atoms with Crippen molar-refractivity contribution < 1.29 is 9.13 Å². The molecule has 0 atom stereocenters. The molecule has 1 aliphatic rings. The molecule has 7 heteroatoms. The van der Waals surface area contributed by atoms with E-state index in [1.165, 1.54) is 32.1 Å². The van der Waals surface area contributed by atoms with Gasteiger partial charge in [0.15, 0.2) is 17.2 Å². The Balaban J connectivity index is 1.85. The molecule has 0 N–H and O–H groups in total. The van der Waals surface area contributed by atoms with E-state index in [9.17, 15) is 9.18 Å². The Morgan fingerprint density at radius 1 is 1.32 bits per heavy atom. The van der Waals surface area contributed by atoms with Gasteiger partial charge >= 0.3 is 0 Å². The lowest BCUT2D eigenvalue weighted by Crippen LogP contribution is -2.25. The van der Waals surface area contributed by atoms with E-state index in [-0.39, 0.29) is 11.3 Å². The Bertz CT molecular complexity index is 1110. The number of halogens is 2. The van der Waals surface area contributed by atoms with Gasteiger partial charge in [-0.05, 0) is 37.8 Å². The predicted octanol–water partition coefficient (Wildman–Crippen LogP) is 4.76. The summed E-state index contributed by atoms with van der Waals surface area (Å²) in [4.78, 5) is 21.6. The molecule has 0 aliphatic heterocycles. The fraction of sp³-hybridized carbons (Fsp3) is 0.381. The highest BCUT2D eigenvalue weighted by Gasteiger charge is 2.21. The monoisotopic (exact) mass is 401 g/mol. The first-order valence-electron chi connectivity index (χ1n) is 9.39. The molecule has 0 bridgehead atoms. The molecule has 2 heterocycles. The summed E-state index contributed by atoms with van der Waals surface area (Å²) in [6, 6.07) is 4.51. The van der Waals surface area contributed by atoms with E-state index in [2.05, 4.69) is 9.97 Å². The van der Waals surface area contributed by atoms with Crippen LogP contribution in [0.3, 0.4) is 0 Å². The van der Waals surface area contributed by atoms with Crippen LogP contribution in [0, 0.1) is 18.7 Å². The fourth-order valence-electron chi connectivity index (χ4n) is 3.52. The SMILES string of the molecule is COc1cc(Cl)c(-c2ccnc3c2nc(C)c(=O)n3CCCC2CC2)cc1F. The minimum absolute atomic E-state index is 0.0771. The molecule has 146 valence electrons. The molecule has 1 fully saturated rings. The summed E-state index contributed by atoms with van der Waals surface area (Å²) in [6.45, 7) is 2.28. The average Bonchev–Trinajstić information content (AvgIpc) is 3.50. The van der Waals surface area contributed by atoms with Gasteiger partial charge in [0.1, 0.15) is 11.2 Å². The van der Waals surface area contributed by atoms with Gasteiger partial charge in [-0.3, -0.25) is 9.36 Å². The zero-order valence-corrected chi connectivity index (χ0v) is 16.6. The molecular weight excluding hydrogens is 381 g/mol. The largest absolute Gasteiger partial charge is 0.494 e. The minimum Gasteiger partial charge on any atom is -0.494 e. The number of aromatic nitrogens is 3. The molecule has 3 aromatic rings. The number of hydrogen-bond donors (Lipinski definition) is 0. The molecular formula is C21H21ClFN3O2. The van der Waals surface area contributed by atoms with Gasteiger partial charge < -0.3 is 4.74 Å². The Labute approximate surface area is 167 Å². The molecule has 4 rings (SSSR count). The van der Waals surface area contributed by atoms with Crippen LogP contribution >= 0.6 is 11.6 Å². The fourth-order valence-corrected chi connectivity index (χ4v) is 3.77. The summed E-state index contributed by atoms with van der Waals surface area (Å²) >= 11 is 6.39. The van der Waals surface area contributed by atoms with E-state index < -0.39 is 5.82 Å². The third kappa shape index (κ3) is 3.49. The van der Waals surface area contributed by atoms with E-state index in [0.29, 0.717) is 39.6 Å². The maximum Gasteiger partial charge on any atom is 0.273 e. The van der Waals surface area contributed by atoms with Crippen LogP contribution in [0.4, 0.5) is 4.39 Å². The van der Waals surface area contributed by atoms with Gasteiger partial charge in [0, 0.05) is 29.9 Å². The van der Waals surface area contributed by atoms with Crippen molar-refractivity contribution in [3.8, 4) is 16.9 Å². The molecule has 28 heavy (non-hydrogen) atoms. The number of nitrogens with zero attached hydrogens (tertiary/aromatic N) is 3. The second-order valence-corrected chi connectivity index (χ2v) is 7.64. The number of pyridine rings is 1. The molecule has 0 amide bonds. The molecule has 5 nitrogen and oxygen atoms in total. The summed E-state index contributed by atoms with van der Waals surface area (Å²) in [5.41, 5.74) is 2.41. The number of fused-ring (bicyclic) bond motifs is 1. The van der Waals surface area contributed by atoms with Crippen molar-refractivity contribution in [2.45, 2.75) is 39.2 Å². The molecule has 1 saturated carbocycles. The van der Waals surface area contributed by atoms with Gasteiger partial charge in [0.2, 0.25) is 0 Å². The Morgan fingerprint density at radius 3 is 2.82 bits per heavy atom. The number of rotatable bonds is 6. The molecule has 1 aromatic carbocycles. The highest BCUT2D eigenvalue weighted by Crippen LogP contribution is 2.36. The minimum atomic E-state index is -0.513. The van der Waals surface area contributed by atoms with Crippen molar-refractivity contribution in [2.75, 3.05) is 7.11 Å². The molecule has 0 radical (unpaired) electrons. The van der Waals surface area contributed by atoms with Crippen LogP contribution in [0.1, 0.15) is 31.4 Å². The van der Waals surface area contributed by atoms with E-state index >= 15 is 0 Å². The van der Waals surface area contributed by atoms with Gasteiger partial charge in [-0.25, -0.2) is 14.4 Å². The van der Waals surface area contributed by atoms with Crippen LogP contribution in [0.2, 0.25) is 5.02 Å². The van der Waals surface area contributed by atoms with Crippen molar-refractivity contribution in [2.24, 2.45) is 5.92 Å². The van der Waals surface area contributed by atoms with Crippen LogP contribution in [0.5, 0.6) is 5.75 Å². The Kier molecular flexibility index (Phi) is 5.06. The second kappa shape index (κ2) is 7.51. The van der Waals surface area contributed by atoms with Crippen molar-refractivity contribution in [1.29, 1.82) is 0 Å². The summed E-state index contributed by atoms with van der Waals surface area (Å²) < 4.78 is 21.0. The van der Waals surface area contributed by atoms with E-state index in [0.717, 1.165) is 18.8 Å². The average molecular weight is 402 g/mol. The first kappa shape index (κ1) is 18.9. The highest BCUT2D eigenvalue weighted by molar-refractivity contribution is 6.33. The van der Waals surface area contributed by atoms with E-state index in [1.54, 1.807) is 23.8 Å². The topological polar surface area (TPSA) is 57.0 Å². The third-order valence-corrected chi connectivity index (χ3v) is 5.53. The van der Waals surface area contributed by atoms with Crippen molar-refractivity contribution in [3.05, 3.63) is 51.3 Å². The first-order chi connectivity index (χ1) is 13.5. The number of aryl methyl sites for hydroxylation is 2. The van der Waals surface area contributed by atoms with Crippen LogP contribution in [-0.4, -0.2) is 21.6 Å². The van der Waals surface area contributed by atoms with Crippen LogP contribution < -0.4 is 10.3 Å². The molecule has 0 unspecified atom stereocenters. The van der Waals surface area contributed by atoms with Crippen LogP contribution in [0.25, 0.3) is 22.3 Å². The number of hydrogen-bond acceptors (Lipinski definition) is 4. The van der Waals surface area contributed by atoms with E-state index in [4.69, 9.17) is 16.3 Å². The van der Waals surface area contributed by atoms with Gasteiger partial charge in [-0.15, -0.1) is 0 Å². The van der Waals surface area contributed by atoms with Crippen LogP contribution in [-0.2, 0) is 6.54 Å². The number of methoxy groups -OCH3 is 1. The summed E-state index contributed by atoms with van der Waals surface area (Å²) in [7, 11) is 1.39. The zero-order valence-electron chi connectivity index (χ0n) is 15.8. The van der Waals surface area contributed by atoms with Crippen LogP contribution in [0.15, 0.2) is 29.2 Å². The molecule has 0 saturated heterocycles. The predicted molar refractivity (Wildman–Crippen MR) is 107 cm³/mol. The van der Waals surface area contributed by atoms with Gasteiger partial charge in [-0.1, -0.05) is 24.4 Å². The molecule has 2 aromatic heterocycles.